The summed E-state index contributed by atoms with van der Waals surface area (Å²) in [6, 6.07) is 5.10. The third-order valence-corrected chi connectivity index (χ3v) is 3.78. The van der Waals surface area contributed by atoms with E-state index >= 15 is 0 Å². The molecule has 5 nitrogen and oxygen atoms in total. The normalized spacial score (nSPS) is 23.3. The van der Waals surface area contributed by atoms with Crippen LogP contribution in [0.1, 0.15) is 15.9 Å². The summed E-state index contributed by atoms with van der Waals surface area (Å²) in [6.45, 7) is 0.708. The number of benzene rings is 1. The Balaban J connectivity index is 2.49. The maximum atomic E-state index is 11.7. The Hall–Kier alpha value is -1.40. The molecule has 0 fully saturated rings. The van der Waals surface area contributed by atoms with Crippen LogP contribution in [-0.4, -0.2) is 29.1 Å². The van der Waals surface area contributed by atoms with Gasteiger partial charge in [-0.1, -0.05) is 6.07 Å². The molecule has 16 heavy (non-hydrogen) atoms. The van der Waals surface area contributed by atoms with Gasteiger partial charge in [-0.05, 0) is 31.8 Å². The van der Waals surface area contributed by atoms with Crippen molar-refractivity contribution in [3.63, 3.8) is 0 Å². The third kappa shape index (κ3) is 1.81. The molecule has 0 spiro atoms. The molecule has 0 saturated heterocycles. The van der Waals surface area contributed by atoms with Crippen LogP contribution < -0.4 is 4.72 Å². The van der Waals surface area contributed by atoms with E-state index in [9.17, 15) is 9.00 Å². The van der Waals surface area contributed by atoms with Crippen molar-refractivity contribution in [1.29, 1.82) is 4.78 Å². The van der Waals surface area contributed by atoms with Crippen molar-refractivity contribution in [1.82, 2.24) is 9.62 Å². The van der Waals surface area contributed by atoms with Gasteiger partial charge in [0.2, 0.25) is 0 Å². The SMILES string of the molecule is CN(C)Cc1ccc2c(c1)C(=O)NS2(=N)=O. The van der Waals surface area contributed by atoms with Crippen LogP contribution in [0.2, 0.25) is 0 Å². The van der Waals surface area contributed by atoms with Crippen molar-refractivity contribution in [2.24, 2.45) is 0 Å². The summed E-state index contributed by atoms with van der Waals surface area (Å²) in [5, 5.41) is 0. The van der Waals surface area contributed by atoms with Gasteiger partial charge in [-0.25, -0.2) is 8.99 Å². The minimum absolute atomic E-state index is 0.292. The van der Waals surface area contributed by atoms with E-state index in [0.717, 1.165) is 5.56 Å². The fourth-order valence-corrected chi connectivity index (χ4v) is 2.91. The van der Waals surface area contributed by atoms with Gasteiger partial charge < -0.3 is 4.90 Å². The summed E-state index contributed by atoms with van der Waals surface area (Å²) in [5.41, 5.74) is 1.33. The van der Waals surface area contributed by atoms with Gasteiger partial charge in [-0.2, -0.15) is 0 Å². The van der Waals surface area contributed by atoms with Crippen LogP contribution in [0.4, 0.5) is 0 Å². The number of hydrogen-bond acceptors (Lipinski definition) is 4. The van der Waals surface area contributed by atoms with Gasteiger partial charge in [-0.15, -0.1) is 0 Å². The smallest absolute Gasteiger partial charge is 0.265 e. The van der Waals surface area contributed by atoms with Gasteiger partial charge in [0.1, 0.15) is 0 Å². The first-order valence-corrected chi connectivity index (χ1v) is 6.34. The first kappa shape index (κ1) is 11.1. The molecule has 0 aliphatic carbocycles. The number of amides is 1. The van der Waals surface area contributed by atoms with Crippen LogP contribution in [0.15, 0.2) is 23.1 Å². The van der Waals surface area contributed by atoms with E-state index in [1.807, 2.05) is 19.0 Å². The number of hydrogen-bond donors (Lipinski definition) is 2. The number of nitrogens with one attached hydrogen (secondary N) is 2. The van der Waals surface area contributed by atoms with E-state index in [1.165, 1.54) is 0 Å². The van der Waals surface area contributed by atoms with Gasteiger partial charge in [-0.3, -0.25) is 9.52 Å². The molecule has 0 bridgehead atoms. The second kappa shape index (κ2) is 3.57. The summed E-state index contributed by atoms with van der Waals surface area (Å²) in [4.78, 5) is 13.8. The number of fused-ring (bicyclic) bond motifs is 1. The van der Waals surface area contributed by atoms with Crippen molar-refractivity contribution in [2.75, 3.05) is 14.1 Å². The van der Waals surface area contributed by atoms with Gasteiger partial charge in [0, 0.05) is 6.54 Å². The number of carbonyl (C=O) groups is 1. The molecule has 0 aromatic heterocycles. The fraction of sp³-hybridized carbons (Fsp3) is 0.300. The van der Waals surface area contributed by atoms with Crippen LogP contribution in [-0.2, 0) is 16.5 Å². The molecule has 2 rings (SSSR count). The molecule has 86 valence electrons. The van der Waals surface area contributed by atoms with Crippen LogP contribution >= 0.6 is 0 Å². The number of rotatable bonds is 2. The van der Waals surface area contributed by atoms with Crippen molar-refractivity contribution >= 4 is 15.8 Å². The predicted molar refractivity (Wildman–Crippen MR) is 60.4 cm³/mol. The van der Waals surface area contributed by atoms with Crippen molar-refractivity contribution < 1.29 is 9.00 Å². The molecule has 6 heteroatoms. The van der Waals surface area contributed by atoms with Crippen LogP contribution in [0.3, 0.4) is 0 Å². The van der Waals surface area contributed by atoms with E-state index in [1.54, 1.807) is 18.2 Å². The van der Waals surface area contributed by atoms with Gasteiger partial charge in [0.25, 0.3) is 5.91 Å². The highest BCUT2D eigenvalue weighted by Crippen LogP contribution is 2.24. The molecule has 1 aliphatic rings. The summed E-state index contributed by atoms with van der Waals surface area (Å²) in [5.74, 6) is -0.421. The maximum Gasteiger partial charge on any atom is 0.265 e. The summed E-state index contributed by atoms with van der Waals surface area (Å²) in [6.07, 6.45) is 0. The molecular formula is C10H13N3O2S. The molecular weight excluding hydrogens is 226 g/mol. The monoisotopic (exact) mass is 239 g/mol. The van der Waals surface area contributed by atoms with Crippen molar-refractivity contribution in [3.8, 4) is 0 Å². The lowest BCUT2D eigenvalue weighted by atomic mass is 10.1. The zero-order chi connectivity index (χ0) is 11.9. The lowest BCUT2D eigenvalue weighted by Gasteiger charge is -2.09. The molecule has 1 heterocycles. The first-order chi connectivity index (χ1) is 7.40. The second-order valence-electron chi connectivity index (χ2n) is 4.06. The minimum atomic E-state index is -3.11. The highest BCUT2D eigenvalue weighted by Gasteiger charge is 2.29. The Kier molecular flexibility index (Phi) is 2.47. The van der Waals surface area contributed by atoms with E-state index in [0.29, 0.717) is 17.0 Å². The highest BCUT2D eigenvalue weighted by atomic mass is 32.2. The molecule has 1 aliphatic heterocycles. The van der Waals surface area contributed by atoms with E-state index < -0.39 is 15.8 Å². The molecule has 0 radical (unpaired) electrons. The van der Waals surface area contributed by atoms with E-state index in [4.69, 9.17) is 4.78 Å². The Bertz CT molecular complexity index is 549. The number of nitrogens with zero attached hydrogens (tertiary/aromatic N) is 1. The minimum Gasteiger partial charge on any atom is -0.305 e. The van der Waals surface area contributed by atoms with Crippen LogP contribution in [0.5, 0.6) is 0 Å². The average molecular weight is 239 g/mol. The molecule has 1 atom stereocenters. The topological polar surface area (TPSA) is 73.3 Å². The maximum absolute atomic E-state index is 11.7. The van der Waals surface area contributed by atoms with Crippen molar-refractivity contribution in [3.05, 3.63) is 29.3 Å². The quantitative estimate of drug-likeness (QED) is 0.802. The van der Waals surface area contributed by atoms with Crippen LogP contribution in [0.25, 0.3) is 0 Å². The largest absolute Gasteiger partial charge is 0.305 e. The lowest BCUT2D eigenvalue weighted by molar-refractivity contribution is 0.0985. The van der Waals surface area contributed by atoms with Crippen molar-refractivity contribution in [2.45, 2.75) is 11.4 Å². The highest BCUT2D eigenvalue weighted by molar-refractivity contribution is 7.91. The molecule has 1 unspecified atom stereocenters. The van der Waals surface area contributed by atoms with Crippen LogP contribution in [0, 0.1) is 4.78 Å². The lowest BCUT2D eigenvalue weighted by Crippen LogP contribution is -2.19. The standard InChI is InChI=1S/C10H13N3O2S/c1-13(2)6-7-3-4-9-8(5-7)10(14)12-16(9,11)15/h3-5H,6H2,1-2H3,(H2,11,12,14,15). The Morgan fingerprint density at radius 2 is 2.12 bits per heavy atom. The molecule has 0 saturated carbocycles. The zero-order valence-corrected chi connectivity index (χ0v) is 9.93. The van der Waals surface area contributed by atoms with Gasteiger partial charge in [0.05, 0.1) is 10.5 Å². The van der Waals surface area contributed by atoms with E-state index in [2.05, 4.69) is 4.72 Å². The second-order valence-corrected chi connectivity index (χ2v) is 5.81. The third-order valence-electron chi connectivity index (χ3n) is 2.33. The number of carbonyl (C=O) groups excluding carboxylic acids is 1. The predicted octanol–water partition coefficient (Wildman–Crippen LogP) is 0.812. The van der Waals surface area contributed by atoms with Gasteiger partial charge >= 0.3 is 0 Å². The molecule has 1 aromatic rings. The van der Waals surface area contributed by atoms with Gasteiger partial charge in [0.15, 0.2) is 9.92 Å². The summed E-state index contributed by atoms with van der Waals surface area (Å²) in [7, 11) is 0.750. The average Bonchev–Trinajstić information content (AvgIpc) is 2.36. The Morgan fingerprint density at radius 3 is 2.75 bits per heavy atom. The first-order valence-electron chi connectivity index (χ1n) is 4.79. The summed E-state index contributed by atoms with van der Waals surface area (Å²) >= 11 is 0. The van der Waals surface area contributed by atoms with E-state index in [-0.39, 0.29) is 0 Å². The zero-order valence-electron chi connectivity index (χ0n) is 9.11. The molecule has 1 aromatic carbocycles. The Labute approximate surface area is 94.6 Å². The molecule has 2 N–H and O–H groups in total. The summed E-state index contributed by atoms with van der Waals surface area (Å²) < 4.78 is 21.4. The molecule has 1 amide bonds. The fourth-order valence-electron chi connectivity index (χ4n) is 1.71. The Morgan fingerprint density at radius 1 is 1.44 bits per heavy atom.